The van der Waals surface area contributed by atoms with E-state index in [0.717, 1.165) is 26.2 Å². The van der Waals surface area contributed by atoms with Gasteiger partial charge in [-0.15, -0.1) is 0 Å². The Balaban J connectivity index is 2.15. The molecular weight excluding hydrogens is 224 g/mol. The SMILES string of the molecule is COCC#CC(c1ccccc1)N1CCNCC1. The van der Waals surface area contributed by atoms with E-state index in [1.54, 1.807) is 7.11 Å². The number of hydrogen-bond acceptors (Lipinski definition) is 3. The lowest BCUT2D eigenvalue weighted by Gasteiger charge is -2.32. The molecule has 0 radical (unpaired) electrons. The molecule has 1 aliphatic heterocycles. The van der Waals surface area contributed by atoms with Crippen molar-refractivity contribution >= 4 is 0 Å². The zero-order chi connectivity index (χ0) is 12.6. The minimum atomic E-state index is 0.184. The quantitative estimate of drug-likeness (QED) is 0.811. The van der Waals surface area contributed by atoms with Crippen molar-refractivity contribution in [2.24, 2.45) is 0 Å². The fraction of sp³-hybridized carbons (Fsp3) is 0.467. The van der Waals surface area contributed by atoms with Gasteiger partial charge in [-0.3, -0.25) is 4.90 Å². The molecule has 1 aromatic carbocycles. The maximum Gasteiger partial charge on any atom is 0.107 e. The number of benzene rings is 1. The number of rotatable bonds is 3. The first kappa shape index (κ1) is 13.1. The van der Waals surface area contributed by atoms with Crippen molar-refractivity contribution in [1.29, 1.82) is 0 Å². The van der Waals surface area contributed by atoms with E-state index in [1.807, 2.05) is 6.07 Å². The van der Waals surface area contributed by atoms with Crippen LogP contribution >= 0.6 is 0 Å². The summed E-state index contributed by atoms with van der Waals surface area (Å²) in [6, 6.07) is 10.7. The summed E-state index contributed by atoms with van der Waals surface area (Å²) < 4.78 is 5.01. The molecule has 0 aromatic heterocycles. The smallest absolute Gasteiger partial charge is 0.107 e. The third-order valence-corrected chi connectivity index (χ3v) is 3.09. The summed E-state index contributed by atoms with van der Waals surface area (Å²) >= 11 is 0. The van der Waals surface area contributed by atoms with Gasteiger partial charge >= 0.3 is 0 Å². The zero-order valence-electron chi connectivity index (χ0n) is 10.9. The van der Waals surface area contributed by atoms with Crippen molar-refractivity contribution in [1.82, 2.24) is 10.2 Å². The van der Waals surface area contributed by atoms with Crippen LogP contribution in [-0.4, -0.2) is 44.8 Å². The average molecular weight is 244 g/mol. The highest BCUT2D eigenvalue weighted by molar-refractivity contribution is 5.27. The van der Waals surface area contributed by atoms with Crippen LogP contribution in [0.2, 0.25) is 0 Å². The summed E-state index contributed by atoms with van der Waals surface area (Å²) in [4.78, 5) is 2.43. The molecule has 1 aromatic rings. The van der Waals surface area contributed by atoms with Gasteiger partial charge in [0.05, 0.1) is 6.04 Å². The molecule has 1 unspecified atom stereocenters. The Morgan fingerprint density at radius 3 is 2.67 bits per heavy atom. The van der Waals surface area contributed by atoms with Crippen molar-refractivity contribution in [2.75, 3.05) is 39.9 Å². The van der Waals surface area contributed by atoms with Gasteiger partial charge in [0.1, 0.15) is 6.61 Å². The predicted molar refractivity (Wildman–Crippen MR) is 73.3 cm³/mol. The zero-order valence-corrected chi connectivity index (χ0v) is 10.9. The Morgan fingerprint density at radius 2 is 2.00 bits per heavy atom. The minimum absolute atomic E-state index is 0.184. The van der Waals surface area contributed by atoms with Crippen LogP contribution in [0.4, 0.5) is 0 Å². The number of nitrogens with one attached hydrogen (secondary N) is 1. The normalized spacial score (nSPS) is 17.8. The summed E-state index contributed by atoms with van der Waals surface area (Å²) in [6.45, 7) is 4.66. The second-order valence-corrected chi connectivity index (χ2v) is 4.35. The highest BCUT2D eigenvalue weighted by atomic mass is 16.5. The second kappa shape index (κ2) is 7.17. The van der Waals surface area contributed by atoms with Gasteiger partial charge in [0, 0.05) is 33.3 Å². The first-order chi connectivity index (χ1) is 8.92. The Bertz CT molecular complexity index is 401. The number of hydrogen-bond donors (Lipinski definition) is 1. The molecule has 1 saturated heterocycles. The largest absolute Gasteiger partial charge is 0.372 e. The van der Waals surface area contributed by atoms with E-state index >= 15 is 0 Å². The third-order valence-electron chi connectivity index (χ3n) is 3.09. The molecule has 1 atom stereocenters. The van der Waals surface area contributed by atoms with Gasteiger partial charge in [0.25, 0.3) is 0 Å². The molecule has 2 rings (SSSR count). The Hall–Kier alpha value is -1.34. The van der Waals surface area contributed by atoms with Crippen LogP contribution in [0.15, 0.2) is 30.3 Å². The summed E-state index contributed by atoms with van der Waals surface area (Å²) in [7, 11) is 1.68. The molecule has 0 aliphatic carbocycles. The van der Waals surface area contributed by atoms with Gasteiger partial charge in [0.15, 0.2) is 0 Å². The van der Waals surface area contributed by atoms with Crippen LogP contribution in [0.1, 0.15) is 11.6 Å². The molecule has 3 nitrogen and oxygen atoms in total. The summed E-state index contributed by atoms with van der Waals surface area (Å²) in [5.41, 5.74) is 1.27. The average Bonchev–Trinajstić information content (AvgIpc) is 2.46. The fourth-order valence-electron chi connectivity index (χ4n) is 2.17. The van der Waals surface area contributed by atoms with Crippen LogP contribution in [-0.2, 0) is 4.74 Å². The topological polar surface area (TPSA) is 24.5 Å². The van der Waals surface area contributed by atoms with Crippen LogP contribution in [0, 0.1) is 11.8 Å². The van der Waals surface area contributed by atoms with Crippen LogP contribution in [0.25, 0.3) is 0 Å². The van der Waals surface area contributed by atoms with E-state index in [4.69, 9.17) is 4.74 Å². The lowest BCUT2D eigenvalue weighted by atomic mass is 10.1. The molecule has 3 heteroatoms. The van der Waals surface area contributed by atoms with Gasteiger partial charge in [0.2, 0.25) is 0 Å². The van der Waals surface area contributed by atoms with Crippen molar-refractivity contribution in [3.63, 3.8) is 0 Å². The number of methoxy groups -OCH3 is 1. The molecule has 0 spiro atoms. The highest BCUT2D eigenvalue weighted by Crippen LogP contribution is 2.19. The van der Waals surface area contributed by atoms with Crippen molar-refractivity contribution in [2.45, 2.75) is 6.04 Å². The lowest BCUT2D eigenvalue weighted by molar-refractivity contribution is 0.208. The molecule has 96 valence electrons. The summed E-state index contributed by atoms with van der Waals surface area (Å²) in [5.74, 6) is 6.43. The highest BCUT2D eigenvalue weighted by Gasteiger charge is 2.19. The van der Waals surface area contributed by atoms with E-state index in [9.17, 15) is 0 Å². The molecule has 18 heavy (non-hydrogen) atoms. The van der Waals surface area contributed by atoms with E-state index in [-0.39, 0.29) is 6.04 Å². The number of nitrogens with zero attached hydrogens (tertiary/aromatic N) is 1. The molecule has 1 heterocycles. The molecule has 1 aliphatic rings. The monoisotopic (exact) mass is 244 g/mol. The lowest BCUT2D eigenvalue weighted by Crippen LogP contribution is -2.44. The molecule has 0 bridgehead atoms. The Labute approximate surface area is 109 Å². The minimum Gasteiger partial charge on any atom is -0.372 e. The number of piperazine rings is 1. The third kappa shape index (κ3) is 3.58. The molecule has 1 fully saturated rings. The summed E-state index contributed by atoms with van der Waals surface area (Å²) in [5, 5.41) is 3.37. The van der Waals surface area contributed by atoms with Gasteiger partial charge in [-0.1, -0.05) is 42.2 Å². The van der Waals surface area contributed by atoms with E-state index < -0.39 is 0 Å². The molecule has 0 saturated carbocycles. The van der Waals surface area contributed by atoms with Gasteiger partial charge in [-0.05, 0) is 5.56 Å². The predicted octanol–water partition coefficient (Wildman–Crippen LogP) is 1.28. The van der Waals surface area contributed by atoms with E-state index in [0.29, 0.717) is 6.61 Å². The maximum atomic E-state index is 5.01. The number of ether oxygens (including phenoxy) is 1. The van der Waals surface area contributed by atoms with Gasteiger partial charge < -0.3 is 10.1 Å². The second-order valence-electron chi connectivity index (χ2n) is 4.35. The van der Waals surface area contributed by atoms with E-state index in [2.05, 4.69) is 46.3 Å². The van der Waals surface area contributed by atoms with Crippen LogP contribution < -0.4 is 5.32 Å². The van der Waals surface area contributed by atoms with Crippen LogP contribution in [0.5, 0.6) is 0 Å². The van der Waals surface area contributed by atoms with Gasteiger partial charge in [-0.2, -0.15) is 0 Å². The molecule has 1 N–H and O–H groups in total. The first-order valence-electron chi connectivity index (χ1n) is 6.39. The Kier molecular flexibility index (Phi) is 5.22. The fourth-order valence-corrected chi connectivity index (χ4v) is 2.17. The summed E-state index contributed by atoms with van der Waals surface area (Å²) in [6.07, 6.45) is 0. The van der Waals surface area contributed by atoms with Crippen molar-refractivity contribution in [3.05, 3.63) is 35.9 Å². The van der Waals surface area contributed by atoms with Crippen LogP contribution in [0.3, 0.4) is 0 Å². The van der Waals surface area contributed by atoms with Gasteiger partial charge in [-0.25, -0.2) is 0 Å². The first-order valence-corrected chi connectivity index (χ1v) is 6.39. The Morgan fingerprint density at radius 1 is 1.28 bits per heavy atom. The maximum absolute atomic E-state index is 5.01. The molecule has 0 amide bonds. The van der Waals surface area contributed by atoms with Crippen molar-refractivity contribution in [3.8, 4) is 11.8 Å². The molecular formula is C15H20N2O. The van der Waals surface area contributed by atoms with E-state index in [1.165, 1.54) is 5.56 Å². The standard InChI is InChI=1S/C15H20N2O/c1-18-13-5-8-15(14-6-3-2-4-7-14)17-11-9-16-10-12-17/h2-4,6-7,15-16H,9-13H2,1H3. The van der Waals surface area contributed by atoms with Crippen molar-refractivity contribution < 1.29 is 4.74 Å².